The summed E-state index contributed by atoms with van der Waals surface area (Å²) in [6.07, 6.45) is 4.57. The van der Waals surface area contributed by atoms with Crippen LogP contribution in [0.25, 0.3) is 17.0 Å². The molecule has 0 saturated heterocycles. The SMILES string of the molecule is O=C(/C=C/c1c[nH]c2cccc(F)c12)CCl. The number of carbonyl (C=O) groups is 1. The van der Waals surface area contributed by atoms with Crippen LogP contribution >= 0.6 is 11.6 Å². The average molecular weight is 238 g/mol. The molecule has 0 saturated carbocycles. The van der Waals surface area contributed by atoms with Crippen molar-refractivity contribution in [2.24, 2.45) is 0 Å². The van der Waals surface area contributed by atoms with E-state index in [0.29, 0.717) is 16.5 Å². The Morgan fingerprint density at radius 2 is 2.31 bits per heavy atom. The summed E-state index contributed by atoms with van der Waals surface area (Å²) >= 11 is 5.36. The molecule has 0 atom stereocenters. The second kappa shape index (κ2) is 4.49. The number of aromatic nitrogens is 1. The van der Waals surface area contributed by atoms with Crippen LogP contribution in [0.1, 0.15) is 5.56 Å². The third-order valence-corrected chi connectivity index (χ3v) is 2.53. The first-order valence-corrected chi connectivity index (χ1v) is 5.28. The molecule has 0 fully saturated rings. The molecule has 2 nitrogen and oxygen atoms in total. The number of ketones is 1. The van der Waals surface area contributed by atoms with Gasteiger partial charge >= 0.3 is 0 Å². The van der Waals surface area contributed by atoms with E-state index in [1.165, 1.54) is 12.1 Å². The molecule has 82 valence electrons. The summed E-state index contributed by atoms with van der Waals surface area (Å²) in [7, 11) is 0. The normalized spacial score (nSPS) is 11.4. The summed E-state index contributed by atoms with van der Waals surface area (Å²) < 4.78 is 13.5. The van der Waals surface area contributed by atoms with E-state index >= 15 is 0 Å². The molecular formula is C12H9ClFNO. The fraction of sp³-hybridized carbons (Fsp3) is 0.0833. The average Bonchev–Trinajstić information content (AvgIpc) is 2.70. The lowest BCUT2D eigenvalue weighted by Crippen LogP contribution is -1.91. The van der Waals surface area contributed by atoms with E-state index in [4.69, 9.17) is 11.6 Å². The monoisotopic (exact) mass is 237 g/mol. The van der Waals surface area contributed by atoms with Crippen LogP contribution in [0.3, 0.4) is 0 Å². The Morgan fingerprint density at radius 3 is 3.06 bits per heavy atom. The van der Waals surface area contributed by atoms with Crippen LogP contribution in [0, 0.1) is 5.82 Å². The summed E-state index contributed by atoms with van der Waals surface area (Å²) in [6.45, 7) is 0. The summed E-state index contributed by atoms with van der Waals surface area (Å²) in [4.78, 5) is 13.9. The first-order chi connectivity index (χ1) is 7.72. The first-order valence-electron chi connectivity index (χ1n) is 4.75. The summed E-state index contributed by atoms with van der Waals surface area (Å²) in [6, 6.07) is 4.79. The molecule has 1 N–H and O–H groups in total. The third-order valence-electron chi connectivity index (χ3n) is 2.27. The van der Waals surface area contributed by atoms with Gasteiger partial charge in [0.05, 0.1) is 5.88 Å². The molecule has 0 radical (unpaired) electrons. The van der Waals surface area contributed by atoms with E-state index < -0.39 is 0 Å². The van der Waals surface area contributed by atoms with Crippen molar-refractivity contribution in [3.05, 3.63) is 41.9 Å². The molecule has 0 bridgehead atoms. The van der Waals surface area contributed by atoms with Crippen LogP contribution in [0.5, 0.6) is 0 Å². The van der Waals surface area contributed by atoms with E-state index in [1.807, 2.05) is 0 Å². The number of alkyl halides is 1. The van der Waals surface area contributed by atoms with Gasteiger partial charge in [0.15, 0.2) is 5.78 Å². The fourth-order valence-electron chi connectivity index (χ4n) is 1.52. The molecule has 0 aliphatic carbocycles. The van der Waals surface area contributed by atoms with Crippen LogP contribution in [0.2, 0.25) is 0 Å². The Hall–Kier alpha value is -1.61. The second-order valence-electron chi connectivity index (χ2n) is 3.34. The van der Waals surface area contributed by atoms with Gasteiger partial charge in [0, 0.05) is 22.7 Å². The number of allylic oxidation sites excluding steroid dienone is 1. The number of hydrogen-bond acceptors (Lipinski definition) is 1. The Balaban J connectivity index is 2.46. The van der Waals surface area contributed by atoms with Crippen molar-refractivity contribution >= 4 is 34.4 Å². The highest BCUT2D eigenvalue weighted by Crippen LogP contribution is 2.22. The molecule has 0 aliphatic heterocycles. The second-order valence-corrected chi connectivity index (χ2v) is 3.61. The Bertz CT molecular complexity index is 559. The number of hydrogen-bond donors (Lipinski definition) is 1. The molecular weight excluding hydrogens is 229 g/mol. The maximum atomic E-state index is 13.5. The lowest BCUT2D eigenvalue weighted by molar-refractivity contribution is -0.112. The van der Waals surface area contributed by atoms with Crippen molar-refractivity contribution in [3.63, 3.8) is 0 Å². The number of aromatic amines is 1. The first kappa shape index (κ1) is 10.9. The summed E-state index contributed by atoms with van der Waals surface area (Å²) in [5.41, 5.74) is 1.35. The van der Waals surface area contributed by atoms with Crippen molar-refractivity contribution in [1.82, 2.24) is 4.98 Å². The van der Waals surface area contributed by atoms with Crippen molar-refractivity contribution in [2.75, 3.05) is 5.88 Å². The van der Waals surface area contributed by atoms with Gasteiger partial charge in [-0.1, -0.05) is 6.07 Å². The van der Waals surface area contributed by atoms with Crippen LogP contribution in [0.15, 0.2) is 30.5 Å². The van der Waals surface area contributed by atoms with E-state index in [9.17, 15) is 9.18 Å². The minimum Gasteiger partial charge on any atom is -0.360 e. The highest BCUT2D eigenvalue weighted by molar-refractivity contribution is 6.29. The topological polar surface area (TPSA) is 32.9 Å². The van der Waals surface area contributed by atoms with Gasteiger partial charge < -0.3 is 4.98 Å². The van der Waals surface area contributed by atoms with E-state index in [-0.39, 0.29) is 17.5 Å². The van der Waals surface area contributed by atoms with Crippen LogP contribution in [-0.4, -0.2) is 16.6 Å². The van der Waals surface area contributed by atoms with Crippen LogP contribution in [-0.2, 0) is 4.79 Å². The van der Waals surface area contributed by atoms with Crippen molar-refractivity contribution in [2.45, 2.75) is 0 Å². The van der Waals surface area contributed by atoms with Crippen molar-refractivity contribution < 1.29 is 9.18 Å². The predicted octanol–water partition coefficient (Wildman–Crippen LogP) is 3.13. The molecule has 0 aliphatic rings. The molecule has 16 heavy (non-hydrogen) atoms. The zero-order chi connectivity index (χ0) is 11.5. The number of benzene rings is 1. The Labute approximate surface area is 96.7 Å². The van der Waals surface area contributed by atoms with Crippen LogP contribution in [0.4, 0.5) is 4.39 Å². The summed E-state index contributed by atoms with van der Waals surface area (Å²) in [5.74, 6) is -0.578. The van der Waals surface area contributed by atoms with E-state index in [2.05, 4.69) is 4.98 Å². The van der Waals surface area contributed by atoms with E-state index in [0.717, 1.165) is 0 Å². The quantitative estimate of drug-likeness (QED) is 0.646. The lowest BCUT2D eigenvalue weighted by atomic mass is 10.1. The molecule has 2 aromatic rings. The molecule has 1 heterocycles. The molecule has 2 rings (SSSR count). The lowest BCUT2D eigenvalue weighted by Gasteiger charge is -1.93. The number of rotatable bonds is 3. The number of fused-ring (bicyclic) bond motifs is 1. The smallest absolute Gasteiger partial charge is 0.170 e. The minimum absolute atomic E-state index is 0.0681. The predicted molar refractivity (Wildman–Crippen MR) is 63.0 cm³/mol. The van der Waals surface area contributed by atoms with Gasteiger partial charge in [-0.15, -0.1) is 11.6 Å². The number of nitrogens with one attached hydrogen (secondary N) is 1. The molecule has 1 aromatic heterocycles. The van der Waals surface area contributed by atoms with Crippen LogP contribution < -0.4 is 0 Å². The Kier molecular flexibility index (Phi) is 3.06. The summed E-state index contributed by atoms with van der Waals surface area (Å²) in [5, 5.41) is 0.487. The maximum Gasteiger partial charge on any atom is 0.170 e. The number of H-pyrrole nitrogens is 1. The van der Waals surface area contributed by atoms with Gasteiger partial charge in [-0.2, -0.15) is 0 Å². The zero-order valence-electron chi connectivity index (χ0n) is 8.34. The molecule has 0 unspecified atom stereocenters. The highest BCUT2D eigenvalue weighted by Gasteiger charge is 2.05. The van der Waals surface area contributed by atoms with Crippen molar-refractivity contribution in [3.8, 4) is 0 Å². The Morgan fingerprint density at radius 1 is 1.50 bits per heavy atom. The number of halogens is 2. The third kappa shape index (κ3) is 1.99. The van der Waals surface area contributed by atoms with Gasteiger partial charge in [0.25, 0.3) is 0 Å². The van der Waals surface area contributed by atoms with Crippen molar-refractivity contribution in [1.29, 1.82) is 0 Å². The zero-order valence-corrected chi connectivity index (χ0v) is 9.09. The molecule has 0 spiro atoms. The van der Waals surface area contributed by atoms with Gasteiger partial charge in [-0.25, -0.2) is 4.39 Å². The maximum absolute atomic E-state index is 13.5. The largest absolute Gasteiger partial charge is 0.360 e. The highest BCUT2D eigenvalue weighted by atomic mass is 35.5. The van der Waals surface area contributed by atoms with Gasteiger partial charge in [-0.05, 0) is 24.3 Å². The molecule has 0 amide bonds. The van der Waals surface area contributed by atoms with Gasteiger partial charge in [0.2, 0.25) is 0 Å². The van der Waals surface area contributed by atoms with Gasteiger partial charge in [0.1, 0.15) is 5.82 Å². The molecule has 1 aromatic carbocycles. The fourth-order valence-corrected chi connectivity index (χ4v) is 1.61. The van der Waals surface area contributed by atoms with Gasteiger partial charge in [-0.3, -0.25) is 4.79 Å². The number of carbonyl (C=O) groups excluding carboxylic acids is 1. The van der Waals surface area contributed by atoms with E-state index in [1.54, 1.807) is 24.4 Å². The molecule has 4 heteroatoms. The standard InChI is InChI=1S/C12H9ClFNO/c13-6-9(16)5-4-8-7-15-11-3-1-2-10(14)12(8)11/h1-5,7,15H,6H2/b5-4+. The minimum atomic E-state index is -0.309.